The number of nitrogens with one attached hydrogen (secondary N) is 2. The van der Waals surface area contributed by atoms with Crippen LogP contribution in [0.25, 0.3) is 0 Å². The van der Waals surface area contributed by atoms with Gasteiger partial charge in [0, 0.05) is 11.4 Å². The normalized spacial score (nSPS) is 18.8. The predicted octanol–water partition coefficient (Wildman–Crippen LogP) is 4.20. The van der Waals surface area contributed by atoms with Crippen molar-refractivity contribution in [3.63, 3.8) is 0 Å². The molecule has 0 saturated carbocycles. The second kappa shape index (κ2) is 8.81. The summed E-state index contributed by atoms with van der Waals surface area (Å²) in [6.45, 7) is 7.92. The molecule has 2 N–H and O–H groups in total. The Hall–Kier alpha value is -2.67. The van der Waals surface area contributed by atoms with Gasteiger partial charge in [0.15, 0.2) is 11.0 Å². The number of hydrogen-bond acceptors (Lipinski definition) is 7. The molecule has 1 aliphatic heterocycles. The van der Waals surface area contributed by atoms with Gasteiger partial charge < -0.3 is 0 Å². The van der Waals surface area contributed by atoms with Crippen LogP contribution in [-0.2, 0) is 0 Å². The molecular formula is C20H26N6S. The third-order valence-electron chi connectivity index (χ3n) is 3.77. The molecule has 0 aliphatic carbocycles. The molecule has 1 aliphatic rings. The van der Waals surface area contributed by atoms with Crippen molar-refractivity contribution in [2.45, 2.75) is 38.7 Å². The largest absolute Gasteiger partial charge is 0.276 e. The number of thioether (sulfide) groups is 1. The summed E-state index contributed by atoms with van der Waals surface area (Å²) in [6.07, 6.45) is 0. The molecule has 142 valence electrons. The molecule has 3 rings (SSSR count). The van der Waals surface area contributed by atoms with Crippen LogP contribution in [-0.4, -0.2) is 22.4 Å². The third kappa shape index (κ3) is 4.74. The second-order valence-electron chi connectivity index (χ2n) is 6.58. The molecule has 2 atom stereocenters. The van der Waals surface area contributed by atoms with Crippen molar-refractivity contribution in [3.8, 4) is 0 Å². The van der Waals surface area contributed by atoms with Gasteiger partial charge in [-0.05, 0) is 52.0 Å². The molecule has 0 radical (unpaired) electrons. The molecule has 0 aromatic heterocycles. The first-order valence-electron chi connectivity index (χ1n) is 8.93. The number of hydrogen-bond donors (Lipinski definition) is 2. The molecule has 1 saturated heterocycles. The maximum Gasteiger partial charge on any atom is 0.185 e. The van der Waals surface area contributed by atoms with Crippen molar-refractivity contribution in [1.29, 1.82) is 0 Å². The lowest BCUT2D eigenvalue weighted by atomic mass is 10.3. The van der Waals surface area contributed by atoms with Crippen LogP contribution in [0.5, 0.6) is 0 Å². The Morgan fingerprint density at radius 2 is 1.07 bits per heavy atom. The molecule has 1 heterocycles. The topological polar surface area (TPSA) is 55.3 Å². The Bertz CT molecular complexity index is 717. The molecule has 1 fully saturated rings. The summed E-state index contributed by atoms with van der Waals surface area (Å²) in [5.41, 5.74) is 10.6. The van der Waals surface area contributed by atoms with Crippen LogP contribution in [0, 0.1) is 0 Å². The number of para-hydroxylation sites is 2. The van der Waals surface area contributed by atoms with Gasteiger partial charge >= 0.3 is 0 Å². The smallest absolute Gasteiger partial charge is 0.185 e. The van der Waals surface area contributed by atoms with Gasteiger partial charge in [0.25, 0.3) is 0 Å². The zero-order valence-electron chi connectivity index (χ0n) is 16.1. The van der Waals surface area contributed by atoms with E-state index < -0.39 is 0 Å². The highest BCUT2D eigenvalue weighted by molar-refractivity contribution is 8.00. The molecule has 2 aromatic rings. The minimum atomic E-state index is -0.0765. The van der Waals surface area contributed by atoms with Gasteiger partial charge in [0.2, 0.25) is 0 Å². The highest BCUT2D eigenvalue weighted by Gasteiger charge is 2.41. The number of rotatable bonds is 6. The number of anilines is 2. The summed E-state index contributed by atoms with van der Waals surface area (Å²) in [7, 11) is 0. The quantitative estimate of drug-likeness (QED) is 0.579. The first kappa shape index (κ1) is 19.1. The van der Waals surface area contributed by atoms with E-state index >= 15 is 0 Å². The second-order valence-corrected chi connectivity index (χ2v) is 7.74. The van der Waals surface area contributed by atoms with Gasteiger partial charge in [-0.1, -0.05) is 48.2 Å². The minimum Gasteiger partial charge on any atom is -0.276 e. The van der Waals surface area contributed by atoms with E-state index in [0.29, 0.717) is 0 Å². The molecule has 0 unspecified atom stereocenters. The van der Waals surface area contributed by atoms with E-state index in [1.165, 1.54) is 0 Å². The monoisotopic (exact) mass is 382 g/mol. The number of nitrogens with zero attached hydrogens (tertiary/aromatic N) is 4. The highest BCUT2D eigenvalue weighted by atomic mass is 32.2. The summed E-state index contributed by atoms with van der Waals surface area (Å²) in [6, 6.07) is 20.6. The van der Waals surface area contributed by atoms with Gasteiger partial charge in [-0.2, -0.15) is 10.2 Å². The van der Waals surface area contributed by atoms with Crippen LogP contribution in [0.4, 0.5) is 11.4 Å². The average molecular weight is 383 g/mol. The van der Waals surface area contributed by atoms with E-state index in [0.717, 1.165) is 22.8 Å². The van der Waals surface area contributed by atoms with E-state index in [1.807, 2.05) is 64.1 Å². The van der Waals surface area contributed by atoms with E-state index in [2.05, 4.69) is 55.3 Å². The summed E-state index contributed by atoms with van der Waals surface area (Å²) in [4.78, 5) is 0. The molecule has 0 amide bonds. The lowest BCUT2D eigenvalue weighted by Gasteiger charge is -2.36. The van der Waals surface area contributed by atoms with E-state index in [9.17, 15) is 0 Å². The number of benzene rings is 2. The molecular weight excluding hydrogens is 356 g/mol. The first-order chi connectivity index (χ1) is 13.1. The Kier molecular flexibility index (Phi) is 6.24. The highest BCUT2D eigenvalue weighted by Crippen LogP contribution is 2.39. The fourth-order valence-corrected chi connectivity index (χ4v) is 3.83. The van der Waals surface area contributed by atoms with Crippen LogP contribution in [0.2, 0.25) is 0 Å². The van der Waals surface area contributed by atoms with Gasteiger partial charge in [0.05, 0.1) is 11.4 Å². The maximum atomic E-state index is 4.45. The molecule has 0 spiro atoms. The van der Waals surface area contributed by atoms with Crippen molar-refractivity contribution in [2.24, 2.45) is 10.2 Å². The Balaban J connectivity index is 2.02. The maximum absolute atomic E-state index is 4.45. The van der Waals surface area contributed by atoms with Crippen LogP contribution < -0.4 is 20.9 Å². The van der Waals surface area contributed by atoms with E-state index in [1.54, 1.807) is 11.8 Å². The van der Waals surface area contributed by atoms with Crippen LogP contribution >= 0.6 is 11.8 Å². The number of hydrazone groups is 2. The molecule has 6 nitrogen and oxygen atoms in total. The summed E-state index contributed by atoms with van der Waals surface area (Å²) in [5.74, 6) is 0. The summed E-state index contributed by atoms with van der Waals surface area (Å²) < 4.78 is 0. The van der Waals surface area contributed by atoms with Gasteiger partial charge in [-0.15, -0.1) is 0 Å². The molecule has 2 aromatic carbocycles. The predicted molar refractivity (Wildman–Crippen MR) is 117 cm³/mol. The molecule has 7 heteroatoms. The van der Waals surface area contributed by atoms with Gasteiger partial charge in [-0.25, -0.2) is 10.0 Å². The first-order valence-corrected chi connectivity index (χ1v) is 9.87. The standard InChI is InChI=1S/C20H26N6S/c1-15(2)21-23-19-25(17-11-7-5-8-12-17)26(18-13-9-6-10-14-18)20(27-19)24-22-16(3)4/h5-14,19-20,23-24H,1-4H3/t19-,20-/m1/s1. The van der Waals surface area contributed by atoms with E-state index in [4.69, 9.17) is 0 Å². The molecule has 27 heavy (non-hydrogen) atoms. The zero-order chi connectivity index (χ0) is 19.2. The Morgan fingerprint density at radius 1 is 0.704 bits per heavy atom. The minimum absolute atomic E-state index is 0.0765. The summed E-state index contributed by atoms with van der Waals surface area (Å²) >= 11 is 1.72. The fourth-order valence-electron chi connectivity index (χ4n) is 2.68. The van der Waals surface area contributed by atoms with Crippen molar-refractivity contribution in [3.05, 3.63) is 60.7 Å². The van der Waals surface area contributed by atoms with Crippen LogP contribution in [0.3, 0.4) is 0 Å². The third-order valence-corrected chi connectivity index (χ3v) is 4.90. The average Bonchev–Trinajstić information content (AvgIpc) is 3.04. The SMILES string of the molecule is CC(C)=NN[C@H]1S[C@H](NN=C(C)C)N(c2ccccc2)N1c1ccccc1. The van der Waals surface area contributed by atoms with Gasteiger partial charge in [-0.3, -0.25) is 10.9 Å². The van der Waals surface area contributed by atoms with Crippen molar-refractivity contribution < 1.29 is 0 Å². The van der Waals surface area contributed by atoms with Crippen LogP contribution in [0.1, 0.15) is 27.7 Å². The van der Waals surface area contributed by atoms with E-state index in [-0.39, 0.29) is 11.0 Å². The summed E-state index contributed by atoms with van der Waals surface area (Å²) in [5, 5.41) is 13.3. The Labute approximate surface area is 165 Å². The Morgan fingerprint density at radius 3 is 1.41 bits per heavy atom. The number of hydrazine groups is 1. The lowest BCUT2D eigenvalue weighted by molar-refractivity contribution is 0.593. The van der Waals surface area contributed by atoms with Crippen LogP contribution in [0.15, 0.2) is 70.9 Å². The van der Waals surface area contributed by atoms with Gasteiger partial charge in [0.1, 0.15) is 0 Å². The van der Waals surface area contributed by atoms with Crippen molar-refractivity contribution in [2.75, 3.05) is 10.0 Å². The fraction of sp³-hybridized carbons (Fsp3) is 0.300. The van der Waals surface area contributed by atoms with Crippen molar-refractivity contribution in [1.82, 2.24) is 10.9 Å². The zero-order valence-corrected chi connectivity index (χ0v) is 16.9. The van der Waals surface area contributed by atoms with Crippen molar-refractivity contribution >= 4 is 34.6 Å². The molecule has 0 bridgehead atoms. The lowest BCUT2D eigenvalue weighted by Crippen LogP contribution is -2.50.